The second-order valence-corrected chi connectivity index (χ2v) is 5.68. The molecular weight excluding hydrogens is 264 g/mol. The molecular formula is C17H26N2O2. The van der Waals surface area contributed by atoms with E-state index >= 15 is 0 Å². The summed E-state index contributed by atoms with van der Waals surface area (Å²) in [5.74, 6) is 0.206. The lowest BCUT2D eigenvalue weighted by Gasteiger charge is -2.40. The highest BCUT2D eigenvalue weighted by atomic mass is 16.5. The third-order valence-corrected chi connectivity index (χ3v) is 4.23. The van der Waals surface area contributed by atoms with Gasteiger partial charge in [-0.2, -0.15) is 0 Å². The predicted octanol–water partition coefficient (Wildman–Crippen LogP) is 2.28. The van der Waals surface area contributed by atoms with Crippen molar-refractivity contribution in [3.8, 4) is 0 Å². The molecule has 2 unspecified atom stereocenters. The number of hydrogen-bond acceptors (Lipinski definition) is 3. The Morgan fingerprint density at radius 1 is 1.33 bits per heavy atom. The van der Waals surface area contributed by atoms with Gasteiger partial charge in [0.05, 0.1) is 6.04 Å². The zero-order chi connectivity index (χ0) is 15.2. The lowest BCUT2D eigenvalue weighted by molar-refractivity contribution is -0.137. The van der Waals surface area contributed by atoms with Crippen LogP contribution in [0.15, 0.2) is 24.3 Å². The maximum absolute atomic E-state index is 12.3. The average Bonchev–Trinajstić information content (AvgIpc) is 2.51. The highest BCUT2D eigenvalue weighted by Crippen LogP contribution is 2.31. The van der Waals surface area contributed by atoms with Crippen molar-refractivity contribution in [1.82, 2.24) is 4.90 Å². The molecule has 116 valence electrons. The van der Waals surface area contributed by atoms with Crippen LogP contribution in [0.25, 0.3) is 0 Å². The smallest absolute Gasteiger partial charge is 0.223 e. The molecule has 4 heteroatoms. The minimum Gasteiger partial charge on any atom is -0.385 e. The lowest BCUT2D eigenvalue weighted by Crippen LogP contribution is -2.49. The number of piperidine rings is 1. The summed E-state index contributed by atoms with van der Waals surface area (Å²) >= 11 is 0. The molecule has 1 heterocycles. The molecule has 0 saturated carbocycles. The second kappa shape index (κ2) is 7.57. The minimum absolute atomic E-state index is 0.00554. The molecule has 0 spiro atoms. The van der Waals surface area contributed by atoms with Gasteiger partial charge in [0.15, 0.2) is 0 Å². The van der Waals surface area contributed by atoms with E-state index in [9.17, 15) is 4.79 Å². The number of hydrogen-bond donors (Lipinski definition) is 1. The fourth-order valence-corrected chi connectivity index (χ4v) is 3.00. The number of methoxy groups -OCH3 is 1. The molecule has 1 aromatic carbocycles. The van der Waals surface area contributed by atoms with Crippen LogP contribution >= 0.6 is 0 Å². The Morgan fingerprint density at radius 2 is 2.05 bits per heavy atom. The monoisotopic (exact) mass is 290 g/mol. The molecule has 21 heavy (non-hydrogen) atoms. The molecule has 0 radical (unpaired) electrons. The van der Waals surface area contributed by atoms with Gasteiger partial charge < -0.3 is 15.4 Å². The molecule has 1 aliphatic heterocycles. The molecule has 2 rings (SSSR count). The van der Waals surface area contributed by atoms with Crippen LogP contribution in [0.3, 0.4) is 0 Å². The van der Waals surface area contributed by atoms with Crippen molar-refractivity contribution in [2.75, 3.05) is 20.3 Å². The van der Waals surface area contributed by atoms with Gasteiger partial charge in [-0.25, -0.2) is 0 Å². The Balaban J connectivity index is 2.18. The number of nitrogens with two attached hydrogens (primary N) is 1. The van der Waals surface area contributed by atoms with Crippen molar-refractivity contribution < 1.29 is 9.53 Å². The summed E-state index contributed by atoms with van der Waals surface area (Å²) in [6, 6.07) is 8.51. The van der Waals surface area contributed by atoms with Crippen LogP contribution < -0.4 is 5.73 Å². The van der Waals surface area contributed by atoms with Crippen molar-refractivity contribution in [3.63, 3.8) is 0 Å². The summed E-state index contributed by atoms with van der Waals surface area (Å²) in [5, 5.41) is 0. The number of rotatable bonds is 6. The van der Waals surface area contributed by atoms with Crippen LogP contribution in [0.2, 0.25) is 0 Å². The molecule has 1 aromatic rings. The fraction of sp³-hybridized carbons (Fsp3) is 0.588. The van der Waals surface area contributed by atoms with Crippen LogP contribution in [0.1, 0.15) is 43.4 Å². The maximum atomic E-state index is 12.3. The number of ether oxygens (including phenoxy) is 1. The molecule has 4 nitrogen and oxygen atoms in total. The van der Waals surface area contributed by atoms with Crippen LogP contribution in [-0.4, -0.2) is 37.1 Å². The third kappa shape index (κ3) is 3.83. The number of amides is 1. The fourth-order valence-electron chi connectivity index (χ4n) is 3.00. The van der Waals surface area contributed by atoms with Gasteiger partial charge in [0.25, 0.3) is 0 Å². The van der Waals surface area contributed by atoms with Crippen molar-refractivity contribution >= 4 is 5.91 Å². The average molecular weight is 290 g/mol. The minimum atomic E-state index is -0.00554. The van der Waals surface area contributed by atoms with Crippen molar-refractivity contribution in [3.05, 3.63) is 35.4 Å². The highest BCUT2D eigenvalue weighted by molar-refractivity contribution is 5.78. The number of benzene rings is 1. The molecule has 0 bridgehead atoms. The van der Waals surface area contributed by atoms with E-state index in [0.717, 1.165) is 24.8 Å². The van der Waals surface area contributed by atoms with E-state index in [2.05, 4.69) is 31.2 Å². The third-order valence-electron chi connectivity index (χ3n) is 4.23. The Labute approximate surface area is 127 Å². The lowest BCUT2D eigenvalue weighted by atomic mass is 9.90. The van der Waals surface area contributed by atoms with Crippen LogP contribution in [0.4, 0.5) is 0 Å². The van der Waals surface area contributed by atoms with Gasteiger partial charge in [-0.1, -0.05) is 31.2 Å². The molecule has 2 N–H and O–H groups in total. The van der Waals surface area contributed by atoms with E-state index < -0.39 is 0 Å². The molecule has 0 aromatic heterocycles. The van der Waals surface area contributed by atoms with Crippen molar-refractivity contribution in [2.45, 2.75) is 44.7 Å². The van der Waals surface area contributed by atoms with Gasteiger partial charge in [-0.15, -0.1) is 0 Å². The zero-order valence-corrected chi connectivity index (χ0v) is 13.0. The van der Waals surface area contributed by atoms with E-state index in [4.69, 9.17) is 10.5 Å². The van der Waals surface area contributed by atoms with Gasteiger partial charge in [-0.05, 0) is 30.4 Å². The first-order valence-corrected chi connectivity index (χ1v) is 7.80. The van der Waals surface area contributed by atoms with E-state index in [0.29, 0.717) is 19.6 Å². The summed E-state index contributed by atoms with van der Waals surface area (Å²) < 4.78 is 5.10. The Kier molecular flexibility index (Phi) is 5.76. The largest absolute Gasteiger partial charge is 0.385 e. The number of aryl methyl sites for hydroxylation is 1. The molecule has 1 aliphatic rings. The van der Waals surface area contributed by atoms with Gasteiger partial charge in [0, 0.05) is 32.7 Å². The molecule has 1 fully saturated rings. The van der Waals surface area contributed by atoms with Gasteiger partial charge >= 0.3 is 0 Å². The van der Waals surface area contributed by atoms with Crippen molar-refractivity contribution in [2.24, 2.45) is 5.73 Å². The first kappa shape index (κ1) is 16.0. The molecule has 2 atom stereocenters. The first-order valence-electron chi connectivity index (χ1n) is 7.80. The van der Waals surface area contributed by atoms with Crippen LogP contribution in [-0.2, 0) is 16.0 Å². The Hall–Kier alpha value is -1.39. The summed E-state index contributed by atoms with van der Waals surface area (Å²) in [6.45, 7) is 3.52. The van der Waals surface area contributed by atoms with Crippen LogP contribution in [0.5, 0.6) is 0 Å². The van der Waals surface area contributed by atoms with E-state index in [1.807, 2.05) is 4.90 Å². The number of nitrogens with zero attached hydrogens (tertiary/aromatic N) is 1. The standard InChI is InChI=1S/C17H26N2O2/c1-3-13-5-7-14(8-6-13)17-15(18)9-10-16(20)19(17)11-4-12-21-2/h5-8,15,17H,3-4,9-12,18H2,1-2H3. The highest BCUT2D eigenvalue weighted by Gasteiger charge is 2.34. The van der Waals surface area contributed by atoms with E-state index in [-0.39, 0.29) is 18.0 Å². The Bertz CT molecular complexity index is 458. The quantitative estimate of drug-likeness (QED) is 0.818. The summed E-state index contributed by atoms with van der Waals surface area (Å²) in [4.78, 5) is 14.2. The molecule has 0 aliphatic carbocycles. The van der Waals surface area contributed by atoms with E-state index in [1.165, 1.54) is 5.56 Å². The maximum Gasteiger partial charge on any atom is 0.223 e. The van der Waals surface area contributed by atoms with Crippen molar-refractivity contribution in [1.29, 1.82) is 0 Å². The molecule has 1 saturated heterocycles. The van der Waals surface area contributed by atoms with Gasteiger partial charge in [0.2, 0.25) is 5.91 Å². The second-order valence-electron chi connectivity index (χ2n) is 5.68. The van der Waals surface area contributed by atoms with Gasteiger partial charge in [-0.3, -0.25) is 4.79 Å². The zero-order valence-electron chi connectivity index (χ0n) is 13.0. The molecule has 1 amide bonds. The van der Waals surface area contributed by atoms with Crippen LogP contribution in [0, 0.1) is 0 Å². The number of likely N-dealkylation sites (tertiary alicyclic amines) is 1. The first-order chi connectivity index (χ1) is 10.2. The normalized spacial score (nSPS) is 22.6. The van der Waals surface area contributed by atoms with Gasteiger partial charge in [0.1, 0.15) is 0 Å². The predicted molar refractivity (Wildman–Crippen MR) is 84.0 cm³/mol. The topological polar surface area (TPSA) is 55.6 Å². The van der Waals surface area contributed by atoms with E-state index in [1.54, 1.807) is 7.11 Å². The summed E-state index contributed by atoms with van der Waals surface area (Å²) in [6.07, 6.45) is 3.18. The summed E-state index contributed by atoms with van der Waals surface area (Å²) in [5.41, 5.74) is 8.76. The number of carbonyl (C=O) groups is 1. The Morgan fingerprint density at radius 3 is 2.67 bits per heavy atom. The number of carbonyl (C=O) groups excluding carboxylic acids is 1. The SMILES string of the molecule is CCc1ccc(C2C(N)CCC(=O)N2CCCOC)cc1. The summed E-state index contributed by atoms with van der Waals surface area (Å²) in [7, 11) is 1.69.